The van der Waals surface area contributed by atoms with Gasteiger partial charge in [-0.2, -0.15) is 11.8 Å². The van der Waals surface area contributed by atoms with Gasteiger partial charge in [-0.3, -0.25) is 19.2 Å². The van der Waals surface area contributed by atoms with Crippen LogP contribution >= 0.6 is 24.2 Å². The molecule has 3 unspecified atom stereocenters. The lowest BCUT2D eigenvalue weighted by molar-refractivity contribution is -0.172. The van der Waals surface area contributed by atoms with Crippen LogP contribution in [0.4, 0.5) is 0 Å². The highest BCUT2D eigenvalue weighted by Crippen LogP contribution is 2.64. The third-order valence-electron chi connectivity index (χ3n) is 10.6. The number of thioether (sulfide) groups is 1. The maximum atomic E-state index is 14.3. The Hall–Kier alpha value is -2.96. The van der Waals surface area contributed by atoms with E-state index < -0.39 is 40.9 Å². The monoisotopic (exact) mass is 685 g/mol. The molecule has 0 radical (unpaired) electrons. The van der Waals surface area contributed by atoms with E-state index in [1.807, 2.05) is 36.6 Å². The van der Waals surface area contributed by atoms with Gasteiger partial charge in [0.25, 0.3) is 0 Å². The number of halogens is 1. The van der Waals surface area contributed by atoms with Gasteiger partial charge in [0, 0.05) is 0 Å². The van der Waals surface area contributed by atoms with Gasteiger partial charge in [0.2, 0.25) is 11.8 Å². The zero-order chi connectivity index (χ0) is 33.1. The first-order valence-electron chi connectivity index (χ1n) is 16.2. The van der Waals surface area contributed by atoms with Crippen LogP contribution in [0.1, 0.15) is 49.7 Å². The highest BCUT2D eigenvalue weighted by atomic mass is 35.5. The number of ketones is 2. The number of nitrogens with two attached hydrogens (primary N) is 3. The highest BCUT2D eigenvalue weighted by Gasteiger charge is 2.69. The largest absolute Gasteiger partial charge is 0.508 e. The average molecular weight is 686 g/mol. The van der Waals surface area contributed by atoms with Crippen molar-refractivity contribution in [3.05, 3.63) is 65.7 Å². The molecule has 6 rings (SSSR count). The van der Waals surface area contributed by atoms with Crippen molar-refractivity contribution in [1.29, 1.82) is 0 Å². The molecule has 12 heteroatoms. The molecule has 0 aliphatic heterocycles. The summed E-state index contributed by atoms with van der Waals surface area (Å²) in [4.78, 5) is 54.9. The maximum absolute atomic E-state index is 14.3. The minimum atomic E-state index is -1.43. The minimum absolute atomic E-state index is 0. The van der Waals surface area contributed by atoms with Gasteiger partial charge < -0.3 is 32.9 Å². The molecule has 0 aromatic heterocycles. The molecule has 4 fully saturated rings. The second-order valence-electron chi connectivity index (χ2n) is 13.6. The topological polar surface area (TPSA) is 191 Å². The quantitative estimate of drug-likeness (QED) is 0.163. The fourth-order valence-corrected chi connectivity index (χ4v) is 8.95. The van der Waals surface area contributed by atoms with Gasteiger partial charge in [-0.1, -0.05) is 42.5 Å². The van der Waals surface area contributed by atoms with E-state index in [1.54, 1.807) is 12.1 Å². The van der Waals surface area contributed by atoms with E-state index >= 15 is 0 Å². The first kappa shape index (κ1) is 36.9. The lowest BCUT2D eigenvalue weighted by Crippen LogP contribution is -2.77. The third-order valence-corrected chi connectivity index (χ3v) is 11.2. The molecule has 10 nitrogen and oxygen atoms in total. The van der Waals surface area contributed by atoms with Crippen LogP contribution < -0.4 is 27.8 Å². The number of nitrogens with one attached hydrogen (secondary N) is 2. The smallest absolute Gasteiger partial charge is 0.242 e. The van der Waals surface area contributed by atoms with E-state index in [0.717, 1.165) is 30.4 Å². The van der Waals surface area contributed by atoms with Gasteiger partial charge in [0.1, 0.15) is 11.8 Å². The summed E-state index contributed by atoms with van der Waals surface area (Å²) < 4.78 is 0. The first-order chi connectivity index (χ1) is 22.0. The number of benzene rings is 2. The molecule has 4 bridgehead atoms. The van der Waals surface area contributed by atoms with Crippen LogP contribution in [0, 0.1) is 23.2 Å². The van der Waals surface area contributed by atoms with Crippen molar-refractivity contribution in [3.8, 4) is 5.75 Å². The summed E-state index contributed by atoms with van der Waals surface area (Å²) in [6.07, 6.45) is 6.56. The van der Waals surface area contributed by atoms with Gasteiger partial charge in [-0.05, 0) is 104 Å². The van der Waals surface area contributed by atoms with Crippen LogP contribution in [0.5, 0.6) is 5.75 Å². The number of carbonyl (C=O) groups excluding carboxylic acids is 4. The van der Waals surface area contributed by atoms with Crippen LogP contribution in [-0.2, 0) is 32.0 Å². The van der Waals surface area contributed by atoms with Crippen molar-refractivity contribution < 1.29 is 24.3 Å². The zero-order valence-corrected chi connectivity index (χ0v) is 28.5. The zero-order valence-electron chi connectivity index (χ0n) is 26.9. The van der Waals surface area contributed by atoms with E-state index in [1.165, 1.54) is 23.9 Å². The lowest BCUT2D eigenvalue weighted by Gasteiger charge is -2.65. The van der Waals surface area contributed by atoms with E-state index in [9.17, 15) is 24.3 Å². The molecule has 4 aliphatic carbocycles. The number of Topliss-reactive ketones (excluding diaryl/α,β-unsaturated/α-hetero) is 2. The van der Waals surface area contributed by atoms with Crippen molar-refractivity contribution in [2.45, 2.75) is 75.0 Å². The van der Waals surface area contributed by atoms with Crippen molar-refractivity contribution in [1.82, 2.24) is 10.6 Å². The number of rotatable bonds is 15. The second-order valence-corrected chi connectivity index (χ2v) is 14.6. The molecule has 4 saturated carbocycles. The Balaban J connectivity index is 0.00000500. The molecule has 2 aromatic carbocycles. The molecule has 0 saturated heterocycles. The fourth-order valence-electron chi connectivity index (χ4n) is 8.48. The molecule has 47 heavy (non-hydrogen) atoms. The molecule has 4 aliphatic rings. The van der Waals surface area contributed by atoms with Gasteiger partial charge in [0.05, 0.1) is 29.6 Å². The van der Waals surface area contributed by atoms with Crippen LogP contribution in [0.25, 0.3) is 0 Å². The standard InChI is InChI=1S/C35H47N5O5S.ClH/c1-46-12-11-29(40-32(44)28(37)17-22-7-9-26(41)10-8-22)33(45)39-20-30(42)35(38)25-14-23-13-24(15-25)19-34(35,18-23)31(43)27(36)16-21-5-3-2-4-6-21;/h2-10,23-25,27-29,41H,11-20,36-38H2,1H3,(H,39,45)(H,40,44);1H/t23?,24?,25?,27-,28-,29+,34?,35?;/m0./s1. The Labute approximate surface area is 287 Å². The normalized spacial score (nSPS) is 27.6. The number of carbonyl (C=O) groups is 4. The fraction of sp³-hybridized carbons (Fsp3) is 0.543. The Kier molecular flexibility index (Phi) is 12.2. The molecule has 2 amide bonds. The van der Waals surface area contributed by atoms with Gasteiger partial charge in [0.15, 0.2) is 11.6 Å². The van der Waals surface area contributed by atoms with Crippen molar-refractivity contribution in [3.63, 3.8) is 0 Å². The first-order valence-corrected chi connectivity index (χ1v) is 17.6. The minimum Gasteiger partial charge on any atom is -0.508 e. The van der Waals surface area contributed by atoms with Crippen LogP contribution in [0.3, 0.4) is 0 Å². The van der Waals surface area contributed by atoms with E-state index in [-0.39, 0.29) is 48.6 Å². The third kappa shape index (κ3) is 7.70. The molecule has 2 aromatic rings. The summed E-state index contributed by atoms with van der Waals surface area (Å²) in [7, 11) is 0. The van der Waals surface area contributed by atoms with Crippen LogP contribution in [-0.4, -0.2) is 70.7 Å². The number of phenols is 1. The van der Waals surface area contributed by atoms with Gasteiger partial charge in [-0.15, -0.1) is 12.4 Å². The number of aromatic hydroxyl groups is 1. The molecular formula is C35H48ClN5O5S. The highest BCUT2D eigenvalue weighted by molar-refractivity contribution is 7.98. The second kappa shape index (κ2) is 15.5. The predicted octanol–water partition coefficient (Wildman–Crippen LogP) is 2.27. The lowest BCUT2D eigenvalue weighted by atomic mass is 9.39. The SMILES string of the molecule is CSCC[C@@H](NC(=O)[C@@H](N)Cc1ccc(O)cc1)C(=O)NCC(=O)C1(N)C2CC3CC(C2)CC1(C(=O)[C@@H](N)Cc1ccccc1)C3.Cl. The number of amides is 2. The predicted molar refractivity (Wildman–Crippen MR) is 186 cm³/mol. The maximum Gasteiger partial charge on any atom is 0.242 e. The number of phenolic OH excluding ortho intramolecular Hbond substituents is 1. The summed E-state index contributed by atoms with van der Waals surface area (Å²) in [5, 5.41) is 15.0. The summed E-state index contributed by atoms with van der Waals surface area (Å²) in [5.41, 5.74) is 19.1. The van der Waals surface area contributed by atoms with Gasteiger partial charge in [-0.25, -0.2) is 0 Å². The number of hydrogen-bond donors (Lipinski definition) is 6. The average Bonchev–Trinajstić information content (AvgIpc) is 3.04. The van der Waals surface area contributed by atoms with E-state index in [0.29, 0.717) is 43.3 Å². The summed E-state index contributed by atoms with van der Waals surface area (Å²) >= 11 is 1.53. The Morgan fingerprint density at radius 1 is 0.894 bits per heavy atom. The Morgan fingerprint density at radius 2 is 1.49 bits per heavy atom. The van der Waals surface area contributed by atoms with E-state index in [4.69, 9.17) is 17.2 Å². The van der Waals surface area contributed by atoms with E-state index in [2.05, 4.69) is 10.6 Å². The summed E-state index contributed by atoms with van der Waals surface area (Å²) in [6, 6.07) is 13.4. The molecule has 0 spiro atoms. The molecule has 256 valence electrons. The van der Waals surface area contributed by atoms with Gasteiger partial charge >= 0.3 is 0 Å². The summed E-state index contributed by atoms with van der Waals surface area (Å²) in [5.74, 6) is -0.265. The summed E-state index contributed by atoms with van der Waals surface area (Å²) in [6.45, 7) is -0.338. The molecule has 6 atom stereocenters. The van der Waals surface area contributed by atoms with Crippen LogP contribution in [0.15, 0.2) is 54.6 Å². The Bertz CT molecular complexity index is 1420. The van der Waals surface area contributed by atoms with Crippen LogP contribution in [0.2, 0.25) is 0 Å². The van der Waals surface area contributed by atoms with Crippen molar-refractivity contribution in [2.24, 2.45) is 40.4 Å². The molecular weight excluding hydrogens is 638 g/mol. The number of hydrogen-bond acceptors (Lipinski definition) is 9. The Morgan fingerprint density at radius 3 is 2.11 bits per heavy atom. The molecule has 0 heterocycles. The van der Waals surface area contributed by atoms with Crippen molar-refractivity contribution >= 4 is 47.5 Å². The molecule has 9 N–H and O–H groups in total. The van der Waals surface area contributed by atoms with Crippen molar-refractivity contribution in [2.75, 3.05) is 18.6 Å².